The topological polar surface area (TPSA) is 115 Å². The minimum atomic E-state index is -0.304. The molecule has 5 aromatic rings. The van der Waals surface area contributed by atoms with Gasteiger partial charge in [-0.25, -0.2) is 9.97 Å². The van der Waals surface area contributed by atoms with Crippen molar-refractivity contribution in [3.8, 4) is 28.1 Å². The molecule has 57 heavy (non-hydrogen) atoms. The zero-order valence-electron chi connectivity index (χ0n) is 34.1. The number of β-amino-alcohol motifs (C(OH)–C–C–N with tert-alkyl or cyclic N) is 1. The summed E-state index contributed by atoms with van der Waals surface area (Å²) in [7, 11) is 4.07. The summed E-state index contributed by atoms with van der Waals surface area (Å²) in [5.41, 5.74) is 12.4. The molecule has 1 saturated heterocycles. The normalized spacial score (nSPS) is 17.1. The van der Waals surface area contributed by atoms with E-state index in [1.165, 1.54) is 11.1 Å². The maximum Gasteiger partial charge on any atom is 0.142 e. The van der Waals surface area contributed by atoms with E-state index in [1.54, 1.807) is 0 Å². The van der Waals surface area contributed by atoms with E-state index < -0.39 is 0 Å². The first-order valence-corrected chi connectivity index (χ1v) is 20.4. The Morgan fingerprint density at radius 2 is 1.79 bits per heavy atom. The number of allylic oxidation sites excluding steroid dienone is 1. The molecule has 0 radical (unpaired) electrons. The van der Waals surface area contributed by atoms with Crippen molar-refractivity contribution in [1.82, 2.24) is 29.3 Å². The Morgan fingerprint density at radius 1 is 1.09 bits per heavy atom. The molecule has 2 N–H and O–H groups in total. The van der Waals surface area contributed by atoms with Crippen LogP contribution in [-0.4, -0.2) is 81.6 Å². The van der Waals surface area contributed by atoms with Gasteiger partial charge in [0.05, 0.1) is 35.5 Å². The highest BCUT2D eigenvalue weighted by Crippen LogP contribution is 2.47. The molecule has 0 bridgehead atoms. The number of benzene rings is 2. The van der Waals surface area contributed by atoms with Crippen LogP contribution in [0.3, 0.4) is 0 Å². The third-order valence-corrected chi connectivity index (χ3v) is 12.2. The summed E-state index contributed by atoms with van der Waals surface area (Å²) in [4.78, 5) is 32.5. The molecule has 302 valence electrons. The largest absolute Gasteiger partial charge is 0.494 e. The fraction of sp³-hybridized carbons (Fsp3) is 0.422. The molecule has 3 aromatic heterocycles. The molecule has 1 aliphatic carbocycles. The third kappa shape index (κ3) is 8.47. The van der Waals surface area contributed by atoms with Crippen molar-refractivity contribution in [2.24, 2.45) is 13.0 Å². The van der Waals surface area contributed by atoms with Gasteiger partial charge in [0.15, 0.2) is 0 Å². The van der Waals surface area contributed by atoms with Gasteiger partial charge >= 0.3 is 0 Å². The van der Waals surface area contributed by atoms with Gasteiger partial charge in [0.1, 0.15) is 24.6 Å². The zero-order valence-corrected chi connectivity index (χ0v) is 35.6. The van der Waals surface area contributed by atoms with Crippen LogP contribution < -0.4 is 10.1 Å². The molecule has 0 saturated carbocycles. The minimum Gasteiger partial charge on any atom is -0.494 e. The molecule has 4 heterocycles. The number of aromatic nitrogens is 4. The lowest BCUT2D eigenvalue weighted by Crippen LogP contribution is -2.23. The van der Waals surface area contributed by atoms with E-state index in [0.717, 1.165) is 117 Å². The van der Waals surface area contributed by atoms with Gasteiger partial charge in [-0.15, -0.1) is 0 Å². The molecule has 7 rings (SSSR count). The molecule has 1 fully saturated rings. The van der Waals surface area contributed by atoms with Crippen LogP contribution in [0.15, 0.2) is 36.5 Å². The Balaban J connectivity index is 0.00000270. The number of nitrogens with zero attached hydrogens (tertiary/aromatic N) is 5. The smallest absolute Gasteiger partial charge is 0.142 e. The van der Waals surface area contributed by atoms with Crippen LogP contribution in [0.5, 0.6) is 5.75 Å². The quantitative estimate of drug-likeness (QED) is 0.0904. The standard InChI is InChI=1S/C44H52Cl2N6O3.CH2O/c1-25-17-32(18-26(2)42(25)46)55-16-8-9-33-34-11-12-37(45)41(40-28(4)48-39(49-29(40)5)23-51-15-14-31(54)21-51)44(34)52(27(3)20-47-6)43(33)36-22-50(7)38-13-10-30(24-53)19-35(36)38;1-2/h10-13,17-18,22,24,27,30-31,47,54H,8-9,14-16,19-21,23H2,1-7H3;1H2/t27-,30?,31?;/m1./s1. The van der Waals surface area contributed by atoms with Crippen LogP contribution in [0.25, 0.3) is 39.4 Å². The van der Waals surface area contributed by atoms with Gasteiger partial charge in [-0.3, -0.25) is 4.90 Å². The summed E-state index contributed by atoms with van der Waals surface area (Å²) in [6.07, 6.45) is 10.0. The SMILES string of the molecule is C=O.CNC[C@@H](C)n1c(-c2cn(C)c3c2CC(C=O)C=C3)c(CCCOc2cc(C)c(Cl)c(C)c2)c2ccc(Cl)c(-c3c(C)nc(CN4CCC(O)C4)nc3C)c21. The molecule has 12 heteroatoms. The van der Waals surface area contributed by atoms with Gasteiger partial charge in [-0.1, -0.05) is 35.3 Å². The Morgan fingerprint density at radius 3 is 2.42 bits per heavy atom. The molecule has 2 aromatic carbocycles. The first kappa shape index (κ1) is 42.3. The summed E-state index contributed by atoms with van der Waals surface area (Å²) in [6.45, 7) is 15.7. The van der Waals surface area contributed by atoms with E-state index in [1.807, 2.05) is 65.8 Å². The highest BCUT2D eigenvalue weighted by molar-refractivity contribution is 6.35. The van der Waals surface area contributed by atoms with Gasteiger partial charge in [0, 0.05) is 89.0 Å². The second-order valence-electron chi connectivity index (χ2n) is 15.5. The summed E-state index contributed by atoms with van der Waals surface area (Å²) < 4.78 is 11.0. The average molecular weight is 814 g/mol. The molecule has 3 atom stereocenters. The summed E-state index contributed by atoms with van der Waals surface area (Å²) in [5, 5.41) is 16.1. The van der Waals surface area contributed by atoms with Crippen molar-refractivity contribution < 1.29 is 19.4 Å². The number of carbonyl (C=O) groups excluding carboxylic acids is 2. The van der Waals surface area contributed by atoms with Crippen molar-refractivity contribution in [2.75, 3.05) is 33.3 Å². The van der Waals surface area contributed by atoms with Crippen LogP contribution in [0, 0.1) is 33.6 Å². The van der Waals surface area contributed by atoms with E-state index in [2.05, 4.69) is 51.7 Å². The number of aldehydes is 1. The van der Waals surface area contributed by atoms with Gasteiger partial charge < -0.3 is 33.9 Å². The minimum absolute atomic E-state index is 0.0315. The van der Waals surface area contributed by atoms with Crippen molar-refractivity contribution >= 4 is 53.3 Å². The first-order chi connectivity index (χ1) is 27.4. The van der Waals surface area contributed by atoms with Crippen LogP contribution in [0.2, 0.25) is 10.0 Å². The molecule has 10 nitrogen and oxygen atoms in total. The fourth-order valence-electron chi connectivity index (χ4n) is 8.80. The number of aliphatic hydroxyl groups excluding tert-OH is 1. The lowest BCUT2D eigenvalue weighted by Gasteiger charge is -2.23. The number of aryl methyl sites for hydroxylation is 6. The number of nitrogens with one attached hydrogen (secondary N) is 1. The number of likely N-dealkylation sites (N-methyl/N-ethyl adjacent to an activating group) is 1. The number of aliphatic hydroxyl groups is 1. The summed E-state index contributed by atoms with van der Waals surface area (Å²) in [6, 6.07) is 8.21. The van der Waals surface area contributed by atoms with Crippen molar-refractivity contribution in [2.45, 2.75) is 79.0 Å². The number of hydrogen-bond acceptors (Lipinski definition) is 8. The van der Waals surface area contributed by atoms with Gasteiger partial charge in [-0.2, -0.15) is 0 Å². The summed E-state index contributed by atoms with van der Waals surface area (Å²) in [5.74, 6) is 1.38. The van der Waals surface area contributed by atoms with Crippen molar-refractivity contribution in [3.05, 3.63) is 91.7 Å². The van der Waals surface area contributed by atoms with Gasteiger partial charge in [0.2, 0.25) is 0 Å². The van der Waals surface area contributed by atoms with E-state index in [4.69, 9.17) is 42.7 Å². The zero-order chi connectivity index (χ0) is 41.1. The number of likely N-dealkylation sites (tertiary alicyclic amines) is 1. The average Bonchev–Trinajstić information content (AvgIpc) is 3.85. The highest BCUT2D eigenvalue weighted by Gasteiger charge is 2.31. The number of hydrogen-bond donors (Lipinski definition) is 2. The summed E-state index contributed by atoms with van der Waals surface area (Å²) >= 11 is 13.8. The predicted octanol–water partition coefficient (Wildman–Crippen LogP) is 8.20. The Kier molecular flexibility index (Phi) is 13.4. The van der Waals surface area contributed by atoms with Crippen LogP contribution in [0.1, 0.15) is 71.0 Å². The lowest BCUT2D eigenvalue weighted by atomic mass is 9.90. The number of rotatable bonds is 13. The number of halogens is 2. The van der Waals surface area contributed by atoms with Crippen LogP contribution >= 0.6 is 23.2 Å². The van der Waals surface area contributed by atoms with Gasteiger partial charge in [-0.05, 0) is 114 Å². The first-order valence-electron chi connectivity index (χ1n) is 19.6. The van der Waals surface area contributed by atoms with Gasteiger partial charge in [0.25, 0.3) is 0 Å². The molecular weight excluding hydrogens is 759 g/mol. The maximum absolute atomic E-state index is 12.1. The molecule has 2 unspecified atom stereocenters. The number of carbonyl (C=O) groups is 2. The van der Waals surface area contributed by atoms with Crippen LogP contribution in [0.4, 0.5) is 0 Å². The second-order valence-corrected chi connectivity index (χ2v) is 16.3. The number of ether oxygens (including phenoxy) is 1. The second kappa shape index (κ2) is 18.1. The molecule has 1 aliphatic heterocycles. The molecular formula is C45H54Cl2N6O4. The monoisotopic (exact) mass is 812 g/mol. The van der Waals surface area contributed by atoms with Crippen LogP contribution in [-0.2, 0) is 36.0 Å². The van der Waals surface area contributed by atoms with Crippen molar-refractivity contribution in [1.29, 1.82) is 0 Å². The maximum atomic E-state index is 12.1. The molecule has 2 aliphatic rings. The highest BCUT2D eigenvalue weighted by atomic mass is 35.5. The van der Waals surface area contributed by atoms with E-state index in [9.17, 15) is 9.90 Å². The predicted molar refractivity (Wildman–Crippen MR) is 231 cm³/mol. The fourth-order valence-corrected chi connectivity index (χ4v) is 9.16. The number of fused-ring (bicyclic) bond motifs is 2. The Labute approximate surface area is 345 Å². The van der Waals surface area contributed by atoms with Crippen molar-refractivity contribution in [3.63, 3.8) is 0 Å². The molecule has 0 amide bonds. The van der Waals surface area contributed by atoms with E-state index in [0.29, 0.717) is 31.1 Å². The lowest BCUT2D eigenvalue weighted by molar-refractivity contribution is -0.109. The van der Waals surface area contributed by atoms with E-state index in [-0.39, 0.29) is 18.1 Å². The molecule has 0 spiro atoms. The van der Waals surface area contributed by atoms with E-state index >= 15 is 0 Å². The third-order valence-electron chi connectivity index (χ3n) is 11.3. The Hall–Kier alpha value is -4.32. The Bertz CT molecular complexity index is 2270.